The number of thiophene rings is 1. The number of rotatable bonds is 9. The molecule has 1 N–H and O–H groups in total. The molecule has 0 aliphatic carbocycles. The Labute approximate surface area is 212 Å². The lowest BCUT2D eigenvalue weighted by Gasteiger charge is -2.09. The van der Waals surface area contributed by atoms with Crippen molar-refractivity contribution in [1.82, 2.24) is 4.90 Å². The minimum atomic E-state index is -1.72. The van der Waals surface area contributed by atoms with Gasteiger partial charge < -0.3 is 24.1 Å². The van der Waals surface area contributed by atoms with Gasteiger partial charge in [0, 0.05) is 20.2 Å². The highest BCUT2D eigenvalue weighted by Gasteiger charge is 2.28. The van der Waals surface area contributed by atoms with Crippen LogP contribution in [0.4, 0.5) is 22.6 Å². The van der Waals surface area contributed by atoms with Crippen LogP contribution in [-0.4, -0.2) is 43.4 Å². The quantitative estimate of drug-likeness (QED) is 0.224. The molecule has 0 fully saturated rings. The number of carbonyl (C=O) groups is 3. The number of anilines is 1. The van der Waals surface area contributed by atoms with Gasteiger partial charge in [-0.25, -0.2) is 13.6 Å². The number of amides is 2. The van der Waals surface area contributed by atoms with Crippen LogP contribution in [0.5, 0.6) is 5.75 Å². The average Bonchev–Trinajstić information content (AvgIpc) is 3.45. The fraction of sp³-hybridized carbons (Fsp3) is 0.292. The first-order chi connectivity index (χ1) is 17.5. The fourth-order valence-corrected chi connectivity index (χ4v) is 4.30. The van der Waals surface area contributed by atoms with Crippen molar-refractivity contribution >= 4 is 34.1 Å². The van der Waals surface area contributed by atoms with E-state index in [-0.39, 0.29) is 45.5 Å². The van der Waals surface area contributed by atoms with E-state index >= 15 is 0 Å². The minimum absolute atomic E-state index is 0.0196. The van der Waals surface area contributed by atoms with Gasteiger partial charge in [-0.1, -0.05) is 6.92 Å². The molecule has 0 saturated carbocycles. The second-order valence-electron chi connectivity index (χ2n) is 7.90. The highest BCUT2D eigenvalue weighted by molar-refractivity contribution is 7.18. The van der Waals surface area contributed by atoms with Crippen LogP contribution in [0.1, 0.15) is 55.3 Å². The number of ether oxygens (including phenoxy) is 2. The molecule has 198 valence electrons. The van der Waals surface area contributed by atoms with Crippen molar-refractivity contribution in [2.24, 2.45) is 0 Å². The Bertz CT molecular complexity index is 1330. The molecular formula is C24H22F4N2O6S. The van der Waals surface area contributed by atoms with Crippen molar-refractivity contribution in [2.45, 2.75) is 26.9 Å². The summed E-state index contributed by atoms with van der Waals surface area (Å²) in [5.41, 5.74) is 0.353. The van der Waals surface area contributed by atoms with Crippen molar-refractivity contribution < 1.29 is 45.8 Å². The average molecular weight is 543 g/mol. The van der Waals surface area contributed by atoms with Crippen molar-refractivity contribution in [2.75, 3.05) is 26.0 Å². The second-order valence-corrected chi connectivity index (χ2v) is 8.92. The summed E-state index contributed by atoms with van der Waals surface area (Å²) in [4.78, 5) is 39.5. The van der Waals surface area contributed by atoms with E-state index in [1.165, 1.54) is 31.1 Å². The summed E-state index contributed by atoms with van der Waals surface area (Å²) < 4.78 is 69.6. The third-order valence-corrected chi connectivity index (χ3v) is 6.13. The Hall–Kier alpha value is -3.87. The lowest BCUT2D eigenvalue weighted by Crippen LogP contribution is -2.21. The predicted octanol–water partition coefficient (Wildman–Crippen LogP) is 5.31. The second kappa shape index (κ2) is 11.5. The summed E-state index contributed by atoms with van der Waals surface area (Å²) in [5.74, 6) is -10.3. The van der Waals surface area contributed by atoms with Crippen LogP contribution in [0.3, 0.4) is 0 Å². The SMILES string of the molecule is CCCOC(=O)c1c(NC(=O)c2ccc(COc3c(F)c(F)cc(F)c3F)o2)sc(C(=O)N(C)C)c1C. The summed E-state index contributed by atoms with van der Waals surface area (Å²) in [7, 11) is 3.08. The van der Waals surface area contributed by atoms with Crippen LogP contribution in [0, 0.1) is 30.2 Å². The van der Waals surface area contributed by atoms with E-state index < -0.39 is 47.5 Å². The number of nitrogens with zero attached hydrogens (tertiary/aromatic N) is 1. The number of halogens is 4. The fourth-order valence-electron chi connectivity index (χ4n) is 3.08. The lowest BCUT2D eigenvalue weighted by molar-refractivity contribution is 0.0506. The number of hydrogen-bond acceptors (Lipinski definition) is 7. The third kappa shape index (κ3) is 5.93. The Morgan fingerprint density at radius 1 is 1.08 bits per heavy atom. The van der Waals surface area contributed by atoms with E-state index in [4.69, 9.17) is 13.9 Å². The van der Waals surface area contributed by atoms with Gasteiger partial charge >= 0.3 is 5.97 Å². The molecular weight excluding hydrogens is 520 g/mol. The summed E-state index contributed by atoms with van der Waals surface area (Å²) >= 11 is 0.883. The maximum absolute atomic E-state index is 13.8. The molecule has 0 atom stereocenters. The smallest absolute Gasteiger partial charge is 0.341 e. The standard InChI is InChI=1S/C24H22F4N2O6S/c1-5-8-34-24(33)16-11(2)20(23(32)30(3)4)37-22(16)29-21(31)15-7-6-12(36-15)10-35-19-17(27)13(25)9-14(26)18(19)28/h6-7,9H,5,8,10H2,1-4H3,(H,29,31). The van der Waals surface area contributed by atoms with Crippen LogP contribution in [0.15, 0.2) is 22.6 Å². The van der Waals surface area contributed by atoms with Crippen LogP contribution in [-0.2, 0) is 11.3 Å². The van der Waals surface area contributed by atoms with Crippen LogP contribution >= 0.6 is 11.3 Å². The molecule has 37 heavy (non-hydrogen) atoms. The number of hydrogen-bond donors (Lipinski definition) is 1. The molecule has 0 aliphatic heterocycles. The molecule has 3 rings (SSSR count). The Balaban J connectivity index is 1.81. The van der Waals surface area contributed by atoms with Crippen molar-refractivity contribution in [3.8, 4) is 5.75 Å². The van der Waals surface area contributed by atoms with E-state index in [1.807, 2.05) is 6.92 Å². The zero-order valence-corrected chi connectivity index (χ0v) is 21.0. The largest absolute Gasteiger partial charge is 0.479 e. The number of benzene rings is 1. The molecule has 0 saturated heterocycles. The van der Waals surface area contributed by atoms with Crippen LogP contribution in [0.2, 0.25) is 0 Å². The molecule has 13 heteroatoms. The van der Waals surface area contributed by atoms with Crippen LogP contribution in [0.25, 0.3) is 0 Å². The van der Waals surface area contributed by atoms with Crippen molar-refractivity contribution in [3.05, 3.63) is 69.0 Å². The number of esters is 1. The highest BCUT2D eigenvalue weighted by atomic mass is 32.1. The number of nitrogens with one attached hydrogen (secondary N) is 1. The molecule has 8 nitrogen and oxygen atoms in total. The molecule has 0 aliphatic rings. The van der Waals surface area contributed by atoms with E-state index in [0.29, 0.717) is 12.0 Å². The first kappa shape index (κ1) is 27.7. The van der Waals surface area contributed by atoms with E-state index in [0.717, 1.165) is 11.3 Å². The van der Waals surface area contributed by atoms with E-state index in [1.54, 1.807) is 6.92 Å². The molecule has 1 aromatic carbocycles. The Morgan fingerprint density at radius 2 is 1.73 bits per heavy atom. The van der Waals surface area contributed by atoms with Gasteiger partial charge in [0.2, 0.25) is 11.6 Å². The molecule has 3 aromatic rings. The summed E-state index contributed by atoms with van der Waals surface area (Å²) in [6.45, 7) is 2.85. The predicted molar refractivity (Wildman–Crippen MR) is 125 cm³/mol. The Kier molecular flexibility index (Phi) is 8.58. The summed E-state index contributed by atoms with van der Waals surface area (Å²) in [6, 6.07) is 2.51. The number of furan rings is 1. The van der Waals surface area contributed by atoms with Crippen molar-refractivity contribution in [3.63, 3.8) is 0 Å². The molecule has 0 radical (unpaired) electrons. The van der Waals surface area contributed by atoms with Gasteiger partial charge in [-0.05, 0) is 31.0 Å². The monoisotopic (exact) mass is 542 g/mol. The topological polar surface area (TPSA) is 98.1 Å². The van der Waals surface area contributed by atoms with E-state index in [2.05, 4.69) is 5.32 Å². The molecule has 0 bridgehead atoms. The normalized spacial score (nSPS) is 10.8. The van der Waals surface area contributed by atoms with Gasteiger partial charge in [0.15, 0.2) is 23.1 Å². The van der Waals surface area contributed by atoms with Crippen LogP contribution < -0.4 is 10.1 Å². The molecule has 0 unspecified atom stereocenters. The van der Waals surface area contributed by atoms with Gasteiger partial charge in [0.05, 0.1) is 17.0 Å². The maximum atomic E-state index is 13.8. The first-order valence-corrected chi connectivity index (χ1v) is 11.7. The zero-order valence-electron chi connectivity index (χ0n) is 20.2. The van der Waals surface area contributed by atoms with Gasteiger partial charge in [-0.3, -0.25) is 9.59 Å². The van der Waals surface area contributed by atoms with Gasteiger partial charge in [0.25, 0.3) is 11.8 Å². The summed E-state index contributed by atoms with van der Waals surface area (Å²) in [5, 5.41) is 2.57. The summed E-state index contributed by atoms with van der Waals surface area (Å²) in [6.07, 6.45) is 0.563. The maximum Gasteiger partial charge on any atom is 0.341 e. The lowest BCUT2D eigenvalue weighted by atomic mass is 10.1. The third-order valence-electron chi connectivity index (χ3n) is 4.93. The highest BCUT2D eigenvalue weighted by Crippen LogP contribution is 2.35. The molecule has 2 amide bonds. The van der Waals surface area contributed by atoms with Gasteiger partial charge in [-0.15, -0.1) is 11.3 Å². The minimum Gasteiger partial charge on any atom is -0.479 e. The molecule has 0 spiro atoms. The molecule has 2 aromatic heterocycles. The van der Waals surface area contributed by atoms with Gasteiger partial charge in [-0.2, -0.15) is 8.78 Å². The molecule has 2 heterocycles. The van der Waals surface area contributed by atoms with E-state index in [9.17, 15) is 31.9 Å². The van der Waals surface area contributed by atoms with Crippen molar-refractivity contribution in [1.29, 1.82) is 0 Å². The Morgan fingerprint density at radius 3 is 2.32 bits per heavy atom. The first-order valence-electron chi connectivity index (χ1n) is 10.8. The number of carbonyl (C=O) groups excluding carboxylic acids is 3. The van der Waals surface area contributed by atoms with Gasteiger partial charge in [0.1, 0.15) is 17.4 Å². The zero-order chi connectivity index (χ0) is 27.4.